The highest BCUT2D eigenvalue weighted by atomic mass is 16.6. The predicted octanol–water partition coefficient (Wildman–Crippen LogP) is 6.33. The van der Waals surface area contributed by atoms with Crippen molar-refractivity contribution in [2.75, 3.05) is 5.32 Å². The third kappa shape index (κ3) is 5.34. The van der Waals surface area contributed by atoms with E-state index >= 15 is 0 Å². The SMILES string of the molecule is [C-]#[N+]c1ccc(Nc2cc(Oc3c(C)cc(/C=C/C#N)cc3C)c(CO)cc2[N+](=O)[O-])cc1. The van der Waals surface area contributed by atoms with Crippen LogP contribution >= 0.6 is 0 Å². The van der Waals surface area contributed by atoms with Crippen LogP contribution in [0.5, 0.6) is 11.5 Å². The van der Waals surface area contributed by atoms with Crippen LogP contribution in [0.25, 0.3) is 10.9 Å². The van der Waals surface area contributed by atoms with Crippen LogP contribution in [0.2, 0.25) is 0 Å². The average molecular weight is 440 g/mol. The number of aliphatic hydroxyl groups excluding tert-OH is 1. The minimum absolute atomic E-state index is 0.187. The van der Waals surface area contributed by atoms with E-state index in [2.05, 4.69) is 10.2 Å². The summed E-state index contributed by atoms with van der Waals surface area (Å²) in [6, 6.07) is 15.0. The number of rotatable bonds is 7. The highest BCUT2D eigenvalue weighted by Gasteiger charge is 2.20. The Kier molecular flexibility index (Phi) is 7.04. The van der Waals surface area contributed by atoms with Crippen molar-refractivity contribution in [3.05, 3.63) is 98.4 Å². The van der Waals surface area contributed by atoms with Crippen molar-refractivity contribution in [3.8, 4) is 17.6 Å². The Morgan fingerprint density at radius 2 is 1.88 bits per heavy atom. The number of anilines is 2. The first kappa shape index (κ1) is 23.0. The number of nitro groups is 1. The third-order valence-corrected chi connectivity index (χ3v) is 4.87. The number of hydrogen-bond acceptors (Lipinski definition) is 6. The van der Waals surface area contributed by atoms with Gasteiger partial charge in [-0.2, -0.15) is 5.26 Å². The van der Waals surface area contributed by atoms with Gasteiger partial charge in [0.15, 0.2) is 5.69 Å². The van der Waals surface area contributed by atoms with Crippen LogP contribution in [-0.4, -0.2) is 10.0 Å². The van der Waals surface area contributed by atoms with E-state index in [-0.39, 0.29) is 22.7 Å². The van der Waals surface area contributed by atoms with Gasteiger partial charge in [0.05, 0.1) is 24.2 Å². The largest absolute Gasteiger partial charge is 0.456 e. The summed E-state index contributed by atoms with van der Waals surface area (Å²) >= 11 is 0. The van der Waals surface area contributed by atoms with Crippen molar-refractivity contribution >= 4 is 28.8 Å². The minimum atomic E-state index is -0.536. The number of ether oxygens (including phenoxy) is 1. The zero-order valence-corrected chi connectivity index (χ0v) is 18.0. The molecule has 0 saturated carbocycles. The summed E-state index contributed by atoms with van der Waals surface area (Å²) in [5.41, 5.74) is 3.71. The fourth-order valence-corrected chi connectivity index (χ4v) is 3.34. The molecule has 3 aromatic rings. The molecule has 3 aromatic carbocycles. The highest BCUT2D eigenvalue weighted by molar-refractivity contribution is 5.73. The summed E-state index contributed by atoms with van der Waals surface area (Å²) in [7, 11) is 0. The molecule has 0 spiro atoms. The molecule has 164 valence electrons. The maximum absolute atomic E-state index is 11.7. The van der Waals surface area contributed by atoms with Gasteiger partial charge in [0.25, 0.3) is 5.69 Å². The summed E-state index contributed by atoms with van der Waals surface area (Å²) in [5.74, 6) is 0.829. The standard InChI is InChI=1S/C25H20N4O4/c1-16-11-18(5-4-10-26)12-17(2)25(16)33-24-14-22(23(29(31)32)13-19(24)15-30)28-21-8-6-20(27-3)7-9-21/h4-9,11-14,28,30H,15H2,1-2H3/b5-4+. The molecule has 3 rings (SSSR count). The van der Waals surface area contributed by atoms with Crippen LogP contribution < -0.4 is 10.1 Å². The van der Waals surface area contributed by atoms with Gasteiger partial charge in [-0.3, -0.25) is 10.1 Å². The molecule has 0 fully saturated rings. The molecule has 8 heteroatoms. The van der Waals surface area contributed by atoms with Crippen molar-refractivity contribution in [2.24, 2.45) is 0 Å². The first-order chi connectivity index (χ1) is 15.9. The Bertz CT molecular complexity index is 1290. The van der Waals surface area contributed by atoms with E-state index in [4.69, 9.17) is 16.6 Å². The highest BCUT2D eigenvalue weighted by Crippen LogP contribution is 2.39. The minimum Gasteiger partial charge on any atom is -0.456 e. The number of nitriles is 1. The molecular formula is C25H20N4O4. The third-order valence-electron chi connectivity index (χ3n) is 4.87. The van der Waals surface area contributed by atoms with Crippen LogP contribution in [0, 0.1) is 41.9 Å². The Hall–Kier alpha value is -4.66. The summed E-state index contributed by atoms with van der Waals surface area (Å²) in [6.07, 6.45) is 3.08. The van der Waals surface area contributed by atoms with E-state index in [0.717, 1.165) is 16.7 Å². The van der Waals surface area contributed by atoms with E-state index in [0.29, 0.717) is 17.1 Å². The van der Waals surface area contributed by atoms with E-state index < -0.39 is 11.5 Å². The van der Waals surface area contributed by atoms with E-state index in [1.807, 2.05) is 32.0 Å². The number of allylic oxidation sites excluding steroid dienone is 1. The second kappa shape index (κ2) is 10.1. The van der Waals surface area contributed by atoms with Crippen molar-refractivity contribution in [1.29, 1.82) is 5.26 Å². The van der Waals surface area contributed by atoms with Crippen LogP contribution in [0.15, 0.2) is 54.6 Å². The average Bonchev–Trinajstić information content (AvgIpc) is 2.80. The molecule has 0 heterocycles. The molecule has 0 amide bonds. The number of aryl methyl sites for hydroxylation is 2. The smallest absolute Gasteiger partial charge is 0.293 e. The van der Waals surface area contributed by atoms with Gasteiger partial charge in [0.2, 0.25) is 0 Å². The Morgan fingerprint density at radius 1 is 1.21 bits per heavy atom. The second-order valence-corrected chi connectivity index (χ2v) is 7.22. The van der Waals surface area contributed by atoms with Crippen molar-refractivity contribution in [3.63, 3.8) is 0 Å². The monoisotopic (exact) mass is 440 g/mol. The molecule has 8 nitrogen and oxygen atoms in total. The molecule has 0 unspecified atom stereocenters. The fraction of sp³-hybridized carbons (Fsp3) is 0.120. The van der Waals surface area contributed by atoms with Gasteiger partial charge in [0.1, 0.15) is 17.2 Å². The Morgan fingerprint density at radius 3 is 2.42 bits per heavy atom. The molecule has 0 radical (unpaired) electrons. The van der Waals surface area contributed by atoms with Gasteiger partial charge in [-0.25, -0.2) is 4.85 Å². The molecule has 0 bridgehead atoms. The maximum atomic E-state index is 11.7. The number of hydrogen-bond donors (Lipinski definition) is 2. The van der Waals surface area contributed by atoms with Gasteiger partial charge < -0.3 is 15.2 Å². The van der Waals surface area contributed by atoms with E-state index in [1.54, 1.807) is 30.3 Å². The quantitative estimate of drug-likeness (QED) is 0.192. The number of nitrogens with one attached hydrogen (secondary N) is 1. The van der Waals surface area contributed by atoms with Crippen LogP contribution in [0.4, 0.5) is 22.7 Å². The predicted molar refractivity (Wildman–Crippen MR) is 126 cm³/mol. The van der Waals surface area contributed by atoms with E-state index in [1.165, 1.54) is 18.2 Å². The molecule has 0 aliphatic carbocycles. The first-order valence-electron chi connectivity index (χ1n) is 9.88. The van der Waals surface area contributed by atoms with Crippen LogP contribution in [0.3, 0.4) is 0 Å². The molecule has 33 heavy (non-hydrogen) atoms. The van der Waals surface area contributed by atoms with Gasteiger partial charge in [-0.05, 0) is 60.9 Å². The number of aliphatic hydroxyl groups is 1. The lowest BCUT2D eigenvalue weighted by Crippen LogP contribution is -2.02. The molecule has 0 aliphatic heterocycles. The van der Waals surface area contributed by atoms with Gasteiger partial charge in [-0.15, -0.1) is 0 Å². The Balaban J connectivity index is 2.04. The summed E-state index contributed by atoms with van der Waals surface area (Å²) < 4.78 is 6.12. The Labute approximate surface area is 191 Å². The van der Waals surface area contributed by atoms with Crippen LogP contribution in [-0.2, 0) is 6.61 Å². The molecule has 0 aromatic heterocycles. The zero-order valence-electron chi connectivity index (χ0n) is 18.0. The zero-order chi connectivity index (χ0) is 24.0. The van der Waals surface area contributed by atoms with Crippen LogP contribution in [0.1, 0.15) is 22.3 Å². The number of benzene rings is 3. The molecule has 0 atom stereocenters. The fourth-order valence-electron chi connectivity index (χ4n) is 3.34. The maximum Gasteiger partial charge on any atom is 0.293 e. The first-order valence-corrected chi connectivity index (χ1v) is 9.88. The van der Waals surface area contributed by atoms with E-state index in [9.17, 15) is 15.2 Å². The van der Waals surface area contributed by atoms with Gasteiger partial charge in [-0.1, -0.05) is 12.1 Å². The van der Waals surface area contributed by atoms with Crippen molar-refractivity contribution < 1.29 is 14.8 Å². The second-order valence-electron chi connectivity index (χ2n) is 7.22. The summed E-state index contributed by atoms with van der Waals surface area (Å²) in [5, 5.41) is 33.2. The molecular weight excluding hydrogens is 420 g/mol. The van der Waals surface area contributed by atoms with Gasteiger partial charge in [0, 0.05) is 29.5 Å². The van der Waals surface area contributed by atoms with Crippen molar-refractivity contribution in [1.82, 2.24) is 0 Å². The van der Waals surface area contributed by atoms with Crippen molar-refractivity contribution in [2.45, 2.75) is 20.5 Å². The number of nitrogens with zero attached hydrogens (tertiary/aromatic N) is 3. The summed E-state index contributed by atoms with van der Waals surface area (Å²) in [4.78, 5) is 14.5. The summed E-state index contributed by atoms with van der Waals surface area (Å²) in [6.45, 7) is 10.3. The molecule has 2 N–H and O–H groups in total. The lowest BCUT2D eigenvalue weighted by atomic mass is 10.0. The van der Waals surface area contributed by atoms with Gasteiger partial charge >= 0.3 is 0 Å². The molecule has 0 aliphatic rings. The molecule has 0 saturated heterocycles. The topological polar surface area (TPSA) is 113 Å². The lowest BCUT2D eigenvalue weighted by Gasteiger charge is -2.17. The normalized spacial score (nSPS) is 10.5. The number of nitro benzene ring substituents is 1. The lowest BCUT2D eigenvalue weighted by molar-refractivity contribution is -0.384.